The lowest BCUT2D eigenvalue weighted by molar-refractivity contribution is -0.110. The highest BCUT2D eigenvalue weighted by Gasteiger charge is 2.28. The number of pyridine rings is 1. The van der Waals surface area contributed by atoms with Crippen LogP contribution in [0.5, 0.6) is 0 Å². The van der Waals surface area contributed by atoms with Gasteiger partial charge in [0.05, 0.1) is 16.8 Å². The molecule has 2 aliphatic rings. The van der Waals surface area contributed by atoms with Crippen LogP contribution in [-0.2, 0) is 4.79 Å². The molecule has 1 aromatic carbocycles. The summed E-state index contributed by atoms with van der Waals surface area (Å²) in [4.78, 5) is 42.8. The largest absolute Gasteiger partial charge is 0.358 e. The summed E-state index contributed by atoms with van der Waals surface area (Å²) in [5.74, 6) is -0.120. The lowest BCUT2D eigenvalue weighted by atomic mass is 10.0. The lowest BCUT2D eigenvalue weighted by Crippen LogP contribution is -2.47. The normalized spacial score (nSPS) is 16.7. The number of thiazole rings is 1. The predicted molar refractivity (Wildman–Crippen MR) is 151 cm³/mol. The second-order valence-corrected chi connectivity index (χ2v) is 10.7. The molecule has 38 heavy (non-hydrogen) atoms. The highest BCUT2D eigenvalue weighted by molar-refractivity contribution is 7.13. The van der Waals surface area contributed by atoms with E-state index >= 15 is 0 Å². The van der Waals surface area contributed by atoms with Gasteiger partial charge >= 0.3 is 0 Å². The number of amides is 2. The molecule has 192 valence electrons. The van der Waals surface area contributed by atoms with Gasteiger partial charge in [0.15, 0.2) is 0 Å². The fourth-order valence-electron chi connectivity index (χ4n) is 5.07. The van der Waals surface area contributed by atoms with Crippen LogP contribution in [-0.4, -0.2) is 69.8 Å². The number of aryl methyl sites for hydroxylation is 1. The van der Waals surface area contributed by atoms with E-state index in [0.29, 0.717) is 24.2 Å². The van der Waals surface area contributed by atoms with Crippen LogP contribution in [0.4, 0.5) is 5.69 Å². The number of carbonyl (C=O) groups is 2. The number of hydrogen-bond acceptors (Lipinski definition) is 6. The second-order valence-electron chi connectivity index (χ2n) is 9.81. The summed E-state index contributed by atoms with van der Waals surface area (Å²) >= 11 is 1.56. The van der Waals surface area contributed by atoms with Crippen molar-refractivity contribution in [2.75, 3.05) is 38.5 Å². The molecule has 5 heterocycles. The number of nitrogens with zero attached hydrogens (tertiary/aromatic N) is 4. The quantitative estimate of drug-likeness (QED) is 0.378. The number of rotatable bonds is 4. The molecule has 4 aromatic rings. The number of likely N-dealkylation sites (N-methyl/N-ethyl adjacent to an activating group) is 1. The van der Waals surface area contributed by atoms with Crippen molar-refractivity contribution in [3.05, 3.63) is 76.2 Å². The molecule has 2 N–H and O–H groups in total. The van der Waals surface area contributed by atoms with Gasteiger partial charge in [-0.1, -0.05) is 6.07 Å². The average molecular weight is 525 g/mol. The Morgan fingerprint density at radius 3 is 2.68 bits per heavy atom. The number of H-pyrrole nitrogens is 1. The van der Waals surface area contributed by atoms with E-state index in [0.717, 1.165) is 63.1 Å². The molecule has 1 fully saturated rings. The van der Waals surface area contributed by atoms with Crippen LogP contribution in [0.15, 0.2) is 48.1 Å². The first-order chi connectivity index (χ1) is 18.4. The van der Waals surface area contributed by atoms with Crippen molar-refractivity contribution >= 4 is 40.5 Å². The van der Waals surface area contributed by atoms with Gasteiger partial charge in [-0.3, -0.25) is 14.6 Å². The zero-order chi connectivity index (χ0) is 26.4. The Balaban J connectivity index is 1.32. The van der Waals surface area contributed by atoms with Crippen LogP contribution in [0, 0.1) is 13.8 Å². The number of aromatic amines is 1. The van der Waals surface area contributed by atoms with E-state index in [1.807, 2.05) is 60.5 Å². The molecular weight excluding hydrogens is 496 g/mol. The number of carbonyl (C=O) groups excluding carboxylic acids is 2. The van der Waals surface area contributed by atoms with Crippen molar-refractivity contribution in [1.29, 1.82) is 0 Å². The number of hydrogen-bond donors (Lipinski definition) is 2. The van der Waals surface area contributed by atoms with Crippen molar-refractivity contribution in [2.45, 2.75) is 13.8 Å². The zero-order valence-corrected chi connectivity index (χ0v) is 22.4. The van der Waals surface area contributed by atoms with E-state index in [4.69, 9.17) is 4.98 Å². The average Bonchev–Trinajstić information content (AvgIpc) is 3.61. The molecule has 3 aromatic heterocycles. The minimum atomic E-state index is -0.162. The van der Waals surface area contributed by atoms with Gasteiger partial charge in [0.25, 0.3) is 11.8 Å². The SMILES string of the molecule is Cc1[nH]c(/C=C2\C(=O)Nc3ccc(-c4csc(-c5cccnc5)n4)cc32)c(C)c1C(=O)N1CCN(C)CC1. The molecule has 0 bridgehead atoms. The third kappa shape index (κ3) is 4.33. The van der Waals surface area contributed by atoms with Crippen LogP contribution in [0.2, 0.25) is 0 Å². The first-order valence-electron chi connectivity index (χ1n) is 12.6. The Kier molecular flexibility index (Phi) is 6.17. The summed E-state index contributed by atoms with van der Waals surface area (Å²) in [6.07, 6.45) is 5.41. The summed E-state index contributed by atoms with van der Waals surface area (Å²) in [5, 5.41) is 5.89. The van der Waals surface area contributed by atoms with Gasteiger partial charge in [0, 0.05) is 77.7 Å². The minimum Gasteiger partial charge on any atom is -0.358 e. The lowest BCUT2D eigenvalue weighted by Gasteiger charge is -2.32. The van der Waals surface area contributed by atoms with E-state index in [2.05, 4.69) is 27.2 Å². The molecule has 8 nitrogen and oxygen atoms in total. The Morgan fingerprint density at radius 2 is 1.92 bits per heavy atom. The summed E-state index contributed by atoms with van der Waals surface area (Å²) in [6, 6.07) is 9.78. The molecular formula is C29H28N6O2S. The second kappa shape index (κ2) is 9.66. The van der Waals surface area contributed by atoms with Crippen LogP contribution in [0.25, 0.3) is 33.5 Å². The van der Waals surface area contributed by atoms with Gasteiger partial charge in [0.1, 0.15) is 5.01 Å². The fraction of sp³-hybridized carbons (Fsp3) is 0.241. The van der Waals surface area contributed by atoms with Gasteiger partial charge in [-0.05, 0) is 56.8 Å². The Hall–Kier alpha value is -4.08. The fourth-order valence-corrected chi connectivity index (χ4v) is 5.89. The number of aromatic nitrogens is 3. The van der Waals surface area contributed by atoms with Crippen molar-refractivity contribution in [2.24, 2.45) is 0 Å². The van der Waals surface area contributed by atoms with Crippen LogP contribution < -0.4 is 5.32 Å². The van der Waals surface area contributed by atoms with E-state index < -0.39 is 0 Å². The molecule has 2 aliphatic heterocycles. The minimum absolute atomic E-state index is 0.0421. The maximum atomic E-state index is 13.3. The maximum Gasteiger partial charge on any atom is 0.256 e. The number of piperazine rings is 1. The molecule has 2 amide bonds. The monoisotopic (exact) mass is 524 g/mol. The summed E-state index contributed by atoms with van der Waals surface area (Å²) in [5.41, 5.74) is 8.05. The molecule has 0 saturated carbocycles. The van der Waals surface area contributed by atoms with Crippen LogP contribution >= 0.6 is 11.3 Å². The van der Waals surface area contributed by atoms with Crippen molar-refractivity contribution in [3.63, 3.8) is 0 Å². The van der Waals surface area contributed by atoms with Gasteiger partial charge < -0.3 is 20.1 Å². The summed E-state index contributed by atoms with van der Waals surface area (Å²) < 4.78 is 0. The van der Waals surface area contributed by atoms with Gasteiger partial charge in [-0.2, -0.15) is 0 Å². The van der Waals surface area contributed by atoms with Crippen molar-refractivity contribution in [1.82, 2.24) is 24.8 Å². The Bertz CT molecular complexity index is 1580. The summed E-state index contributed by atoms with van der Waals surface area (Å²) in [6.45, 7) is 7.03. The highest BCUT2D eigenvalue weighted by atomic mass is 32.1. The molecule has 0 atom stereocenters. The first kappa shape index (κ1) is 24.3. The van der Waals surface area contributed by atoms with Gasteiger partial charge in [-0.15, -0.1) is 11.3 Å². The number of anilines is 1. The van der Waals surface area contributed by atoms with E-state index in [-0.39, 0.29) is 11.8 Å². The predicted octanol–water partition coefficient (Wildman–Crippen LogP) is 4.70. The number of benzene rings is 1. The number of nitrogens with one attached hydrogen (secondary N) is 2. The smallest absolute Gasteiger partial charge is 0.256 e. The Labute approximate surface area is 225 Å². The topological polar surface area (TPSA) is 94.2 Å². The van der Waals surface area contributed by atoms with E-state index in [1.54, 1.807) is 23.7 Å². The maximum absolute atomic E-state index is 13.3. The first-order valence-corrected chi connectivity index (χ1v) is 13.5. The third-order valence-corrected chi connectivity index (χ3v) is 8.17. The summed E-state index contributed by atoms with van der Waals surface area (Å²) in [7, 11) is 2.07. The zero-order valence-electron chi connectivity index (χ0n) is 21.5. The number of fused-ring (bicyclic) bond motifs is 1. The van der Waals surface area contributed by atoms with E-state index in [1.165, 1.54) is 0 Å². The molecule has 0 unspecified atom stereocenters. The molecule has 0 aliphatic carbocycles. The van der Waals surface area contributed by atoms with Crippen molar-refractivity contribution in [3.8, 4) is 21.8 Å². The molecule has 0 radical (unpaired) electrons. The Morgan fingerprint density at radius 1 is 1.11 bits per heavy atom. The molecule has 9 heteroatoms. The molecule has 1 saturated heterocycles. The van der Waals surface area contributed by atoms with Gasteiger partial charge in [0.2, 0.25) is 0 Å². The molecule has 6 rings (SSSR count). The van der Waals surface area contributed by atoms with Crippen molar-refractivity contribution < 1.29 is 9.59 Å². The third-order valence-electron chi connectivity index (χ3n) is 7.28. The highest BCUT2D eigenvalue weighted by Crippen LogP contribution is 2.38. The van der Waals surface area contributed by atoms with E-state index in [9.17, 15) is 9.59 Å². The van der Waals surface area contributed by atoms with Gasteiger partial charge in [-0.25, -0.2) is 4.98 Å². The molecule has 0 spiro atoms. The van der Waals surface area contributed by atoms with Crippen LogP contribution in [0.1, 0.15) is 32.9 Å². The standard InChI is InChI=1S/C29H28N6O2S/c1-17-24(31-18(2)26(17)29(37)35-11-9-34(3)10-12-35)14-22-21-13-19(6-7-23(21)32-27(22)36)25-16-38-28(33-25)20-5-4-8-30-15-20/h4-8,13-16,31H,9-12H2,1-3H3,(H,32,36)/b22-14-. The van der Waals surface area contributed by atoms with Crippen LogP contribution in [0.3, 0.4) is 0 Å².